The van der Waals surface area contributed by atoms with E-state index in [1.54, 1.807) is 12.7 Å². The Morgan fingerprint density at radius 2 is 1.04 bits per heavy atom. The predicted molar refractivity (Wildman–Crippen MR) is 192 cm³/mol. The molecular weight excluding hydrogens is 636 g/mol. The number of aryl methyl sites for hydroxylation is 4. The zero-order valence-corrected chi connectivity index (χ0v) is 28.7. The Morgan fingerprint density at radius 3 is 1.44 bits per heavy atom. The number of hydrogen-bond acceptors (Lipinski definition) is 12. The van der Waals surface area contributed by atoms with Crippen molar-refractivity contribution >= 4 is 34.0 Å². The van der Waals surface area contributed by atoms with E-state index in [1.165, 1.54) is 0 Å². The molecule has 6 N–H and O–H groups in total. The van der Waals surface area contributed by atoms with E-state index in [-0.39, 0.29) is 13.2 Å². The number of fused-ring (bicyclic) bond motifs is 2. The number of anilines is 2. The van der Waals surface area contributed by atoms with E-state index < -0.39 is 0 Å². The molecule has 50 heavy (non-hydrogen) atoms. The number of hydrogen-bond donors (Lipinski definition) is 4. The second-order valence-electron chi connectivity index (χ2n) is 11.9. The molecule has 0 radical (unpaired) electrons. The molecule has 6 rings (SSSR count). The topological polar surface area (TPSA) is 198 Å². The molecule has 4 aromatic heterocycles. The van der Waals surface area contributed by atoms with E-state index in [1.807, 2.05) is 57.7 Å². The van der Waals surface area contributed by atoms with Gasteiger partial charge in [-0.2, -0.15) is 19.9 Å². The summed E-state index contributed by atoms with van der Waals surface area (Å²) in [6.07, 6.45) is 9.03. The molecule has 0 saturated carbocycles. The van der Waals surface area contributed by atoms with Crippen LogP contribution >= 0.6 is 0 Å². The van der Waals surface area contributed by atoms with Crippen LogP contribution in [0, 0.1) is 0 Å². The van der Waals surface area contributed by atoms with Gasteiger partial charge in [0, 0.05) is 13.1 Å². The van der Waals surface area contributed by atoms with Crippen molar-refractivity contribution in [3.63, 3.8) is 0 Å². The first kappa shape index (κ1) is 36.0. The van der Waals surface area contributed by atoms with Gasteiger partial charge in [0.25, 0.3) is 0 Å². The van der Waals surface area contributed by atoms with Crippen molar-refractivity contribution in [2.45, 2.75) is 78.7 Å². The van der Waals surface area contributed by atoms with Gasteiger partial charge < -0.3 is 40.3 Å². The van der Waals surface area contributed by atoms with Gasteiger partial charge in [0.15, 0.2) is 34.0 Å². The standard InChI is InChI=1S/2C18H23N5O2/c2*1-2-3-9-25-18-21-16(19)15-17(22-18)23(12-20-15)8-7-13-5-4-6-14(10-13)11-24/h2*4-6,10,12,24H,2-3,7-9,11H2,1H3,(H2,19,21,22). The largest absolute Gasteiger partial charge is 0.463 e. The van der Waals surface area contributed by atoms with E-state index >= 15 is 0 Å². The lowest BCUT2D eigenvalue weighted by atomic mass is 10.1. The number of aliphatic hydroxyl groups excluding tert-OH is 2. The first-order chi connectivity index (χ1) is 24.4. The van der Waals surface area contributed by atoms with Crippen LogP contribution in [0.3, 0.4) is 0 Å². The molecule has 0 bridgehead atoms. The highest BCUT2D eigenvalue weighted by Gasteiger charge is 2.14. The summed E-state index contributed by atoms with van der Waals surface area (Å²) in [5, 5.41) is 18.5. The Morgan fingerprint density at radius 1 is 0.620 bits per heavy atom. The summed E-state index contributed by atoms with van der Waals surface area (Å²) >= 11 is 0. The van der Waals surface area contributed by atoms with Crippen LogP contribution in [0.2, 0.25) is 0 Å². The second-order valence-corrected chi connectivity index (χ2v) is 11.9. The van der Waals surface area contributed by atoms with Crippen LogP contribution in [0.4, 0.5) is 11.6 Å². The van der Waals surface area contributed by atoms with Crippen LogP contribution < -0.4 is 20.9 Å². The molecule has 0 atom stereocenters. The average Bonchev–Trinajstić information content (AvgIpc) is 3.75. The first-order valence-corrected chi connectivity index (χ1v) is 17.0. The maximum absolute atomic E-state index is 9.25. The minimum absolute atomic E-state index is 0.0457. The fraction of sp³-hybridized carbons (Fsp3) is 0.389. The normalized spacial score (nSPS) is 11.1. The third kappa shape index (κ3) is 9.42. The lowest BCUT2D eigenvalue weighted by Gasteiger charge is -2.08. The average molecular weight is 683 g/mol. The van der Waals surface area contributed by atoms with Gasteiger partial charge in [-0.3, -0.25) is 0 Å². The van der Waals surface area contributed by atoms with Crippen LogP contribution in [-0.2, 0) is 39.1 Å². The summed E-state index contributed by atoms with van der Waals surface area (Å²) in [5.74, 6) is 0.662. The minimum Gasteiger partial charge on any atom is -0.463 e. The molecule has 0 fully saturated rings. The smallest absolute Gasteiger partial charge is 0.320 e. The third-order valence-electron chi connectivity index (χ3n) is 8.03. The molecular formula is C36H46N10O4. The summed E-state index contributed by atoms with van der Waals surface area (Å²) in [6.45, 7) is 6.85. The number of rotatable bonds is 16. The van der Waals surface area contributed by atoms with E-state index in [2.05, 4.69) is 43.8 Å². The Labute approximate surface area is 291 Å². The van der Waals surface area contributed by atoms with Crippen molar-refractivity contribution in [3.8, 4) is 12.0 Å². The van der Waals surface area contributed by atoms with E-state index in [4.69, 9.17) is 20.9 Å². The number of ether oxygens (including phenoxy) is 2. The zero-order chi connectivity index (χ0) is 35.3. The molecule has 0 amide bonds. The fourth-order valence-corrected chi connectivity index (χ4v) is 5.23. The fourth-order valence-electron chi connectivity index (χ4n) is 5.23. The summed E-state index contributed by atoms with van der Waals surface area (Å²) in [6, 6.07) is 16.4. The summed E-state index contributed by atoms with van der Waals surface area (Å²) in [4.78, 5) is 25.9. The molecule has 14 heteroatoms. The number of aliphatic hydroxyl groups is 2. The van der Waals surface area contributed by atoms with Gasteiger partial charge in [0.1, 0.15) is 0 Å². The summed E-state index contributed by atoms with van der Waals surface area (Å²) in [7, 11) is 0. The zero-order valence-electron chi connectivity index (χ0n) is 28.7. The maximum Gasteiger partial charge on any atom is 0.320 e. The molecule has 0 aliphatic rings. The van der Waals surface area contributed by atoms with Crippen LogP contribution in [-0.4, -0.2) is 62.5 Å². The molecule has 0 aliphatic carbocycles. The molecule has 2 aromatic carbocycles. The van der Waals surface area contributed by atoms with Gasteiger partial charge in [-0.1, -0.05) is 75.2 Å². The van der Waals surface area contributed by atoms with Gasteiger partial charge in [0.05, 0.1) is 39.1 Å². The van der Waals surface area contributed by atoms with Gasteiger partial charge in [-0.05, 0) is 47.9 Å². The number of nitrogen functional groups attached to an aromatic ring is 2. The highest BCUT2D eigenvalue weighted by atomic mass is 16.5. The molecule has 264 valence electrons. The highest BCUT2D eigenvalue weighted by molar-refractivity contribution is 5.82. The van der Waals surface area contributed by atoms with E-state index in [0.29, 0.717) is 72.3 Å². The predicted octanol–water partition coefficient (Wildman–Crippen LogP) is 4.64. The Balaban J connectivity index is 0.000000194. The number of nitrogens with zero attached hydrogens (tertiary/aromatic N) is 8. The molecule has 0 aliphatic heterocycles. The highest BCUT2D eigenvalue weighted by Crippen LogP contribution is 2.21. The first-order valence-electron chi connectivity index (χ1n) is 17.0. The van der Waals surface area contributed by atoms with Crippen LogP contribution in [0.1, 0.15) is 61.8 Å². The van der Waals surface area contributed by atoms with Crippen molar-refractivity contribution in [3.05, 3.63) is 83.4 Å². The monoisotopic (exact) mass is 682 g/mol. The Hall–Kier alpha value is -5.34. The summed E-state index contributed by atoms with van der Waals surface area (Å²) in [5.41, 5.74) is 18.6. The van der Waals surface area contributed by atoms with Gasteiger partial charge in [-0.25, -0.2) is 9.97 Å². The molecule has 0 unspecified atom stereocenters. The molecule has 0 saturated heterocycles. The number of aromatic nitrogens is 8. The SMILES string of the molecule is CCCCOc1nc(N)c2ncn(CCc3cccc(CO)c3)c2n1.CCCCOc1nc(N)c2ncn(CCc3cccc(CO)c3)c2n1. The number of imidazole rings is 2. The lowest BCUT2D eigenvalue weighted by Crippen LogP contribution is -2.06. The lowest BCUT2D eigenvalue weighted by molar-refractivity contribution is 0.281. The van der Waals surface area contributed by atoms with E-state index in [0.717, 1.165) is 60.8 Å². The molecule has 14 nitrogen and oxygen atoms in total. The van der Waals surface area contributed by atoms with Crippen molar-refractivity contribution < 1.29 is 19.7 Å². The molecule has 0 spiro atoms. The van der Waals surface area contributed by atoms with Gasteiger partial charge in [-0.15, -0.1) is 0 Å². The Bertz CT molecular complexity index is 1830. The Kier molecular flexibility index (Phi) is 12.9. The molecule has 4 heterocycles. The molecule has 6 aromatic rings. The van der Waals surface area contributed by atoms with Crippen LogP contribution in [0.15, 0.2) is 61.2 Å². The van der Waals surface area contributed by atoms with Crippen molar-refractivity contribution in [2.75, 3.05) is 24.7 Å². The third-order valence-corrected chi connectivity index (χ3v) is 8.03. The minimum atomic E-state index is 0.0457. The number of nitrogens with two attached hydrogens (primary N) is 2. The van der Waals surface area contributed by atoms with Crippen LogP contribution in [0.5, 0.6) is 12.0 Å². The van der Waals surface area contributed by atoms with Crippen molar-refractivity contribution in [2.24, 2.45) is 0 Å². The second kappa shape index (κ2) is 17.9. The van der Waals surface area contributed by atoms with Crippen LogP contribution in [0.25, 0.3) is 22.3 Å². The van der Waals surface area contributed by atoms with Crippen molar-refractivity contribution in [1.82, 2.24) is 39.0 Å². The van der Waals surface area contributed by atoms with E-state index in [9.17, 15) is 10.2 Å². The van der Waals surface area contributed by atoms with Crippen molar-refractivity contribution in [1.29, 1.82) is 0 Å². The maximum atomic E-state index is 9.25. The van der Waals surface area contributed by atoms with Gasteiger partial charge >= 0.3 is 12.0 Å². The number of unbranched alkanes of at least 4 members (excludes halogenated alkanes) is 2. The quantitative estimate of drug-likeness (QED) is 0.103. The summed E-state index contributed by atoms with van der Waals surface area (Å²) < 4.78 is 15.1. The van der Waals surface area contributed by atoms with Gasteiger partial charge in [0.2, 0.25) is 0 Å². The number of benzene rings is 2.